The number of fused-ring (bicyclic) bond motifs is 2. The van der Waals surface area contributed by atoms with Crippen molar-refractivity contribution in [3.05, 3.63) is 115 Å². The van der Waals surface area contributed by atoms with Gasteiger partial charge >= 0.3 is 148 Å². The van der Waals surface area contributed by atoms with Gasteiger partial charge in [-0.15, -0.1) is 38.2 Å². The van der Waals surface area contributed by atoms with E-state index < -0.39 is 44.2 Å². The molecule has 0 aromatic heterocycles. The van der Waals surface area contributed by atoms with Crippen molar-refractivity contribution in [1.29, 1.82) is 0 Å². The number of hydrogen-bond donors (Lipinski definition) is 3. The van der Waals surface area contributed by atoms with Crippen LogP contribution in [0.25, 0.3) is 32.7 Å². The predicted octanol–water partition coefficient (Wildman–Crippen LogP) is -7.93. The predicted molar refractivity (Wildman–Crippen MR) is 233 cm³/mol. The minimum atomic E-state index is -5.29. The van der Waals surface area contributed by atoms with Gasteiger partial charge in [-0.25, -0.2) is 16.8 Å². The maximum absolute atomic E-state index is 12.2. The van der Waals surface area contributed by atoms with Crippen molar-refractivity contribution in [2.45, 2.75) is 0 Å². The Morgan fingerprint density at radius 3 is 1.42 bits per heavy atom. The number of nitrogens with zero attached hydrogens (tertiary/aromatic N) is 6. The molecule has 336 valence electrons. The van der Waals surface area contributed by atoms with Gasteiger partial charge in [0.25, 0.3) is 26.7 Å². The molecule has 0 aliphatic heterocycles. The van der Waals surface area contributed by atoms with E-state index in [1.54, 1.807) is 54.6 Å². The van der Waals surface area contributed by atoms with Crippen molar-refractivity contribution in [1.82, 2.24) is 0 Å². The largest absolute Gasteiger partial charge is 1.00 e. The van der Waals surface area contributed by atoms with Crippen LogP contribution in [0.2, 0.25) is 0 Å². The molecule has 7 rings (SSSR count). The van der Waals surface area contributed by atoms with E-state index in [1.807, 2.05) is 0 Å². The Labute approximate surface area is 515 Å². The van der Waals surface area contributed by atoms with Crippen LogP contribution in [0, 0.1) is 12.1 Å². The zero-order valence-electron chi connectivity index (χ0n) is 38.8. The van der Waals surface area contributed by atoms with Crippen LogP contribution in [0.5, 0.6) is 23.0 Å². The van der Waals surface area contributed by atoms with E-state index in [1.165, 1.54) is 62.8 Å². The molecule has 0 radical (unpaired) electrons. The van der Waals surface area contributed by atoms with E-state index in [9.17, 15) is 40.6 Å². The second kappa shape index (κ2) is 27.6. The third kappa shape index (κ3) is 16.7. The zero-order valence-corrected chi connectivity index (χ0v) is 50.4. The maximum Gasteiger partial charge on any atom is 1.00 e. The van der Waals surface area contributed by atoms with Crippen LogP contribution in [0.1, 0.15) is 0 Å². The van der Waals surface area contributed by atoms with E-state index >= 15 is 0 Å². The minimum Gasteiger partial charge on any atom is -0.717 e. The summed E-state index contributed by atoms with van der Waals surface area (Å²) in [5, 5.41) is 39.4. The molecule has 0 saturated carbocycles. The normalized spacial score (nSPS) is 11.2. The standard InChI is InChI=1S/C42H31N9O13S2.5Na/c1-61-37-17-24(25-8-13-33(38(18-25)62-2)49-51-35-15-6-23-4-10-27(44)20-30(23)40(35)64-66(58,59)60)7-12-32(37)48-47-31-16-11-28(21-36(31)45-41(52)42(53)54)46-50-34-14-5-22-3-9-26(43)19-29(22)39(34)63-65(55,56)57;;;;;/h3-13,16-21H,43-44H2,1-2H3,(H,45,52)(H,53,54)(H,55,56,57)(H,58,59,60);;;;;/q-2;5*+1/p-3. The van der Waals surface area contributed by atoms with Crippen molar-refractivity contribution in [3.8, 4) is 34.1 Å². The van der Waals surface area contributed by atoms with Gasteiger partial charge in [-0.2, -0.15) is 39.6 Å². The molecule has 71 heavy (non-hydrogen) atoms. The molecule has 0 saturated heterocycles. The molecule has 0 heterocycles. The number of rotatable bonds is 14. The summed E-state index contributed by atoms with van der Waals surface area (Å²) in [4.78, 5) is 23.6. The van der Waals surface area contributed by atoms with Crippen molar-refractivity contribution >= 4 is 105 Å². The Balaban J connectivity index is 0.00000346. The number of carbonyl (C=O) groups is 2. The van der Waals surface area contributed by atoms with Gasteiger partial charge in [0.2, 0.25) is 0 Å². The number of methoxy groups -OCH3 is 2. The number of anilines is 3. The third-order valence-corrected chi connectivity index (χ3v) is 9.81. The Kier molecular flexibility index (Phi) is 24.7. The average Bonchev–Trinajstić information content (AvgIpc) is 3.27. The number of azo groups is 3. The Hall–Kier alpha value is -3.58. The number of amides is 1. The molecular formula is C42H28N9Na5O13S2. The molecular weight excluding hydrogens is 1020 g/mol. The molecule has 5 N–H and O–H groups in total. The van der Waals surface area contributed by atoms with E-state index in [0.29, 0.717) is 21.9 Å². The number of nitrogens with one attached hydrogen (secondary N) is 1. The summed E-state index contributed by atoms with van der Waals surface area (Å²) in [6, 6.07) is 31.0. The van der Waals surface area contributed by atoms with E-state index in [-0.39, 0.29) is 221 Å². The molecule has 0 bridgehead atoms. The van der Waals surface area contributed by atoms with Gasteiger partial charge in [0.05, 0.1) is 37.1 Å². The van der Waals surface area contributed by atoms with Crippen molar-refractivity contribution in [3.63, 3.8) is 0 Å². The topological polar surface area (TPSA) is 347 Å². The fraction of sp³-hybridized carbons (Fsp3) is 0.0476. The first-order valence-electron chi connectivity index (χ1n) is 18.4. The maximum atomic E-state index is 12.2. The van der Waals surface area contributed by atoms with Gasteiger partial charge in [0.1, 0.15) is 34.5 Å². The molecule has 0 spiro atoms. The summed E-state index contributed by atoms with van der Waals surface area (Å²) < 4.78 is 90.1. The SMILES string of the molecule is COc1cc(-c2ccc(N=Nc3ccc(N=Nc4[c-]cc5ccc(N)cc5c4OS(=O)(=O)[O-])cc3NC(=O)C(=O)[O-])c(OC)c2)ccc1N=Nc1[c-]cc2ccc(N)cc2c1OS(=O)(=O)[O-].[Na+].[Na+].[Na+].[Na+].[Na+]. The summed E-state index contributed by atoms with van der Waals surface area (Å²) in [5.74, 6) is -4.04. The summed E-state index contributed by atoms with van der Waals surface area (Å²) >= 11 is 0. The fourth-order valence-electron chi connectivity index (χ4n) is 6.14. The van der Waals surface area contributed by atoms with Crippen LogP contribution >= 0.6 is 0 Å². The zero-order chi connectivity index (χ0) is 47.3. The molecule has 0 aliphatic carbocycles. The summed E-state index contributed by atoms with van der Waals surface area (Å²) in [6.45, 7) is 0. The number of nitrogen functional groups attached to an aromatic ring is 2. The number of aliphatic carboxylic acids is 1. The van der Waals surface area contributed by atoms with Crippen LogP contribution in [0.3, 0.4) is 0 Å². The first-order valence-corrected chi connectivity index (χ1v) is 21.1. The number of nitrogens with two attached hydrogens (primary N) is 2. The van der Waals surface area contributed by atoms with Crippen LogP contribution in [0.15, 0.2) is 134 Å². The van der Waals surface area contributed by atoms with Gasteiger partial charge < -0.3 is 53.6 Å². The van der Waals surface area contributed by atoms with Crippen molar-refractivity contribution in [2.24, 2.45) is 30.7 Å². The van der Waals surface area contributed by atoms with E-state index in [2.05, 4.69) is 52.3 Å². The molecule has 0 aliphatic rings. The van der Waals surface area contributed by atoms with Crippen LogP contribution in [-0.2, 0) is 30.4 Å². The number of benzene rings is 7. The first-order chi connectivity index (χ1) is 31.4. The number of carbonyl (C=O) groups excluding carboxylic acids is 2. The summed E-state index contributed by atoms with van der Waals surface area (Å²) in [6.07, 6.45) is 0. The molecule has 7 aromatic rings. The van der Waals surface area contributed by atoms with Gasteiger partial charge in [-0.05, 0) is 53.6 Å². The van der Waals surface area contributed by atoms with E-state index in [4.69, 9.17) is 25.1 Å². The number of hydrogen-bond acceptors (Lipinski definition) is 21. The molecule has 29 heteroatoms. The molecule has 0 unspecified atom stereocenters. The van der Waals surface area contributed by atoms with Gasteiger partial charge in [0, 0.05) is 22.7 Å². The monoisotopic (exact) mass is 1050 g/mol. The quantitative estimate of drug-likeness (QED) is 0.0173. The molecule has 22 nitrogen and oxygen atoms in total. The summed E-state index contributed by atoms with van der Waals surface area (Å²) in [5.41, 5.74) is 13.1. The molecule has 1 amide bonds. The van der Waals surface area contributed by atoms with Crippen LogP contribution < -0.4 is 188 Å². The Bertz CT molecular complexity index is 3450. The molecule has 0 atom stereocenters. The Morgan fingerprint density at radius 2 is 0.986 bits per heavy atom. The van der Waals surface area contributed by atoms with Crippen molar-refractivity contribution < 1.29 is 206 Å². The summed E-state index contributed by atoms with van der Waals surface area (Å²) in [7, 11) is -7.74. The average molecular weight is 1050 g/mol. The van der Waals surface area contributed by atoms with Crippen molar-refractivity contribution in [2.75, 3.05) is 31.0 Å². The Morgan fingerprint density at radius 1 is 0.563 bits per heavy atom. The first kappa shape index (κ1) is 63.5. The molecule has 7 aromatic carbocycles. The minimum absolute atomic E-state index is 0. The van der Waals surface area contributed by atoms with Gasteiger partial charge in [-0.1, -0.05) is 47.2 Å². The molecule has 0 fully saturated rings. The fourth-order valence-corrected chi connectivity index (χ4v) is 6.88. The van der Waals surface area contributed by atoms with E-state index in [0.717, 1.165) is 0 Å². The third-order valence-electron chi connectivity index (χ3n) is 9.07. The second-order valence-electron chi connectivity index (χ2n) is 13.4. The van der Waals surface area contributed by atoms with Gasteiger partial charge in [0.15, 0.2) is 0 Å². The number of carboxylic acid groups (broad SMARTS) is 1. The van der Waals surface area contributed by atoms with Gasteiger partial charge in [-0.3, -0.25) is 4.79 Å². The number of ether oxygens (including phenoxy) is 2. The number of carboxylic acids is 1. The van der Waals surface area contributed by atoms with Crippen LogP contribution in [0.4, 0.5) is 51.2 Å². The van der Waals surface area contributed by atoms with Crippen LogP contribution in [-0.4, -0.2) is 52.0 Å². The smallest absolute Gasteiger partial charge is 0.717 e. The second-order valence-corrected chi connectivity index (χ2v) is 15.4.